The molecule has 0 N–H and O–H groups in total. The van der Waals surface area contributed by atoms with E-state index >= 15 is 0 Å². The lowest BCUT2D eigenvalue weighted by Crippen LogP contribution is -2.48. The van der Waals surface area contributed by atoms with Gasteiger partial charge >= 0.3 is 0 Å². The Labute approximate surface area is 173 Å². The van der Waals surface area contributed by atoms with Crippen molar-refractivity contribution in [2.45, 2.75) is 139 Å². The van der Waals surface area contributed by atoms with Crippen LogP contribution in [0.1, 0.15) is 103 Å². The predicted octanol–water partition coefficient (Wildman–Crippen LogP) is 7.79. The zero-order chi connectivity index (χ0) is 19.5. The maximum Gasteiger partial charge on any atom is 0.111 e. The summed E-state index contributed by atoms with van der Waals surface area (Å²) in [5.41, 5.74) is 0. The molecule has 0 amide bonds. The molecule has 0 spiro atoms. The van der Waals surface area contributed by atoms with Crippen molar-refractivity contribution in [1.82, 2.24) is 0 Å². The molecule has 154 valence electrons. The van der Waals surface area contributed by atoms with Crippen LogP contribution in [0.2, 0.25) is 35.9 Å². The van der Waals surface area contributed by atoms with Gasteiger partial charge in [-0.05, 0) is 0 Å². The molecule has 28 heavy (non-hydrogen) atoms. The Morgan fingerprint density at radius 1 is 0.500 bits per heavy atom. The summed E-state index contributed by atoms with van der Waals surface area (Å²) in [6, 6.07) is 0. The third kappa shape index (κ3) is 3.55. The van der Waals surface area contributed by atoms with Crippen molar-refractivity contribution in [2.75, 3.05) is 0 Å². The summed E-state index contributed by atoms with van der Waals surface area (Å²) >= 11 is 0. The van der Waals surface area contributed by atoms with Crippen LogP contribution in [-0.2, 0) is 0 Å². The van der Waals surface area contributed by atoms with Crippen LogP contribution >= 0.6 is 0 Å². The minimum absolute atomic E-state index is 0.743. The Bertz CT molecular complexity index is 521. The number of nitriles is 2. The van der Waals surface area contributed by atoms with Crippen molar-refractivity contribution in [2.24, 2.45) is 0 Å². The molecule has 0 aromatic carbocycles. The van der Waals surface area contributed by atoms with Crippen LogP contribution in [-0.4, -0.2) is 12.3 Å². The second-order valence-electron chi connectivity index (χ2n) is 11.4. The quantitative estimate of drug-likeness (QED) is 0.335. The highest BCUT2D eigenvalue weighted by Crippen LogP contribution is 2.56. The molecule has 0 saturated carbocycles. The van der Waals surface area contributed by atoms with Gasteiger partial charge in [0.05, 0.1) is 0 Å². The van der Waals surface area contributed by atoms with E-state index < -0.39 is 12.3 Å². The first kappa shape index (κ1) is 20.4. The van der Waals surface area contributed by atoms with Crippen molar-refractivity contribution in [1.29, 1.82) is 10.5 Å². The molecular formula is C24H40B2N2-2. The van der Waals surface area contributed by atoms with E-state index in [0.29, 0.717) is 0 Å². The van der Waals surface area contributed by atoms with Gasteiger partial charge in [-0.3, -0.25) is 0 Å². The van der Waals surface area contributed by atoms with Crippen LogP contribution in [0.3, 0.4) is 0 Å². The minimum atomic E-state index is -0.743. The SMILES string of the molecule is N#C[B-]1(CCCCCC[B-]2(C#N)C3CCCC2CCC3)C2CCCC1CCC2. The third-order valence-electron chi connectivity index (χ3n) is 10.6. The monoisotopic (exact) mass is 378 g/mol. The van der Waals surface area contributed by atoms with Gasteiger partial charge in [0.1, 0.15) is 12.3 Å². The van der Waals surface area contributed by atoms with Gasteiger partial charge in [-0.2, -0.15) is 47.8 Å². The van der Waals surface area contributed by atoms with Crippen molar-refractivity contribution in [3.05, 3.63) is 0 Å². The molecule has 4 aliphatic heterocycles. The van der Waals surface area contributed by atoms with E-state index in [1.54, 1.807) is 0 Å². The molecule has 0 aliphatic carbocycles. The molecule has 0 aromatic heterocycles. The summed E-state index contributed by atoms with van der Waals surface area (Å²) in [7, 11) is 0. The number of fused-ring (bicyclic) bond motifs is 4. The van der Waals surface area contributed by atoms with Gasteiger partial charge in [0.15, 0.2) is 0 Å². The summed E-state index contributed by atoms with van der Waals surface area (Å²) < 4.78 is 0. The van der Waals surface area contributed by atoms with Crippen molar-refractivity contribution < 1.29 is 0 Å². The molecule has 2 nitrogen and oxygen atoms in total. The normalized spacial score (nSPS) is 42.4. The lowest BCUT2D eigenvalue weighted by Gasteiger charge is -2.55. The average Bonchev–Trinajstić information content (AvgIpc) is 2.69. The lowest BCUT2D eigenvalue weighted by molar-refractivity contribution is 0.429. The molecule has 0 radical (unpaired) electrons. The molecule has 4 heterocycles. The maximum absolute atomic E-state index is 10.1. The highest BCUT2D eigenvalue weighted by atomic mass is 14.3. The molecule has 4 saturated heterocycles. The largest absolute Gasteiger partial charge is 0.250 e. The fourth-order valence-corrected chi connectivity index (χ4v) is 9.11. The topological polar surface area (TPSA) is 47.6 Å². The Morgan fingerprint density at radius 2 is 0.786 bits per heavy atom. The predicted molar refractivity (Wildman–Crippen MR) is 121 cm³/mol. The lowest BCUT2D eigenvalue weighted by atomic mass is 9.08. The molecule has 4 heteroatoms. The van der Waals surface area contributed by atoms with Crippen LogP contribution in [0.5, 0.6) is 0 Å². The van der Waals surface area contributed by atoms with E-state index in [1.807, 2.05) is 0 Å². The first-order valence-electron chi connectivity index (χ1n) is 12.9. The van der Waals surface area contributed by atoms with Gasteiger partial charge in [0, 0.05) is 0 Å². The standard InChI is InChI=1S/C24H40B2N2/c27-19-25(21-9-5-10-22(25)12-6-11-21)17-3-1-2-4-18-26(20-28)23-13-7-14-24(26)16-8-15-23/h21-24H,1-18H2/q-2. The summed E-state index contributed by atoms with van der Waals surface area (Å²) in [5.74, 6) is 8.87. The zero-order valence-electron chi connectivity index (χ0n) is 18.1. The fourth-order valence-electron chi connectivity index (χ4n) is 9.11. The fraction of sp³-hybridized carbons (Fsp3) is 0.917. The Morgan fingerprint density at radius 3 is 1.04 bits per heavy atom. The average molecular weight is 378 g/mol. The minimum Gasteiger partial charge on any atom is -0.250 e. The van der Waals surface area contributed by atoms with Crippen LogP contribution in [0.15, 0.2) is 0 Å². The summed E-state index contributed by atoms with van der Waals surface area (Å²) in [4.78, 5) is 0. The molecule has 0 atom stereocenters. The molecule has 4 bridgehead atoms. The first-order valence-corrected chi connectivity index (χ1v) is 12.9. The van der Waals surface area contributed by atoms with Crippen LogP contribution in [0, 0.1) is 22.5 Å². The van der Waals surface area contributed by atoms with E-state index in [0.717, 1.165) is 23.3 Å². The van der Waals surface area contributed by atoms with Gasteiger partial charge in [0.25, 0.3) is 0 Å². The number of rotatable bonds is 7. The van der Waals surface area contributed by atoms with Crippen LogP contribution in [0.4, 0.5) is 0 Å². The smallest absolute Gasteiger partial charge is 0.111 e. The summed E-state index contributed by atoms with van der Waals surface area (Å²) in [5, 5.41) is 20.2. The first-order chi connectivity index (χ1) is 13.7. The molecule has 4 rings (SSSR count). The van der Waals surface area contributed by atoms with Crippen molar-refractivity contribution >= 4 is 12.3 Å². The third-order valence-corrected chi connectivity index (χ3v) is 10.6. The molecular weight excluding hydrogens is 338 g/mol. The van der Waals surface area contributed by atoms with E-state index in [9.17, 15) is 10.5 Å². The van der Waals surface area contributed by atoms with Gasteiger partial charge in [-0.15, -0.1) is 0 Å². The molecule has 0 aromatic rings. The number of nitrogens with zero attached hydrogens (tertiary/aromatic N) is 2. The highest BCUT2D eigenvalue weighted by molar-refractivity contribution is 6.90. The molecule has 4 fully saturated rings. The van der Waals surface area contributed by atoms with Crippen LogP contribution < -0.4 is 0 Å². The second-order valence-corrected chi connectivity index (χ2v) is 11.4. The summed E-state index contributed by atoms with van der Waals surface area (Å²) in [6.07, 6.45) is 22.2. The Hall–Kier alpha value is -0.890. The van der Waals surface area contributed by atoms with E-state index in [-0.39, 0.29) is 0 Å². The maximum atomic E-state index is 10.1. The second kappa shape index (κ2) is 8.86. The molecule has 4 aliphatic rings. The van der Waals surface area contributed by atoms with Crippen molar-refractivity contribution in [3.63, 3.8) is 0 Å². The number of hydrogen-bond acceptors (Lipinski definition) is 2. The van der Waals surface area contributed by atoms with Gasteiger partial charge in [-0.25, -0.2) is 10.5 Å². The Balaban J connectivity index is 1.25. The molecule has 0 unspecified atom stereocenters. The van der Waals surface area contributed by atoms with Gasteiger partial charge in [0.2, 0.25) is 0 Å². The van der Waals surface area contributed by atoms with Gasteiger partial charge < -0.3 is 0 Å². The van der Waals surface area contributed by atoms with E-state index in [4.69, 9.17) is 0 Å². The van der Waals surface area contributed by atoms with Gasteiger partial charge in [-0.1, -0.05) is 103 Å². The summed E-state index contributed by atoms with van der Waals surface area (Å²) in [6.45, 7) is 0. The van der Waals surface area contributed by atoms with Crippen LogP contribution in [0.25, 0.3) is 0 Å². The number of hydrogen-bond donors (Lipinski definition) is 0. The Kier molecular flexibility index (Phi) is 6.45. The zero-order valence-corrected chi connectivity index (χ0v) is 18.1. The van der Waals surface area contributed by atoms with E-state index in [1.165, 1.54) is 115 Å². The highest BCUT2D eigenvalue weighted by Gasteiger charge is 2.45. The van der Waals surface area contributed by atoms with E-state index in [2.05, 4.69) is 11.9 Å². The van der Waals surface area contributed by atoms with Crippen molar-refractivity contribution in [3.8, 4) is 11.9 Å². The number of unbranched alkanes of at least 4 members (excludes halogenated alkanes) is 3.